The summed E-state index contributed by atoms with van der Waals surface area (Å²) in [5.74, 6) is -0.345. The maximum Gasteiger partial charge on any atom is 0.262 e. The van der Waals surface area contributed by atoms with Crippen LogP contribution in [0.25, 0.3) is 0 Å². The number of nitrogens with one attached hydrogen (secondary N) is 2. The number of carbonyl (C=O) groups excluding carboxylic acids is 1. The van der Waals surface area contributed by atoms with E-state index >= 15 is 0 Å². The number of anilines is 2. The first-order valence-electron chi connectivity index (χ1n) is 8.70. The second kappa shape index (κ2) is 8.55. The van der Waals surface area contributed by atoms with E-state index in [1.165, 1.54) is 18.2 Å². The molecular weight excluding hydrogens is 412 g/mol. The van der Waals surface area contributed by atoms with Crippen LogP contribution < -0.4 is 10.0 Å². The van der Waals surface area contributed by atoms with Crippen LogP contribution in [-0.2, 0) is 21.2 Å². The van der Waals surface area contributed by atoms with Crippen molar-refractivity contribution in [2.45, 2.75) is 18.2 Å². The Labute approximate surface area is 174 Å². The largest absolute Gasteiger partial charge is 0.508 e. The number of benzene rings is 3. The number of aromatic hydroxyl groups is 1. The molecule has 0 bridgehead atoms. The van der Waals surface area contributed by atoms with Gasteiger partial charge in [0, 0.05) is 16.3 Å². The predicted octanol–water partition coefficient (Wildman–Crippen LogP) is 4.34. The summed E-state index contributed by atoms with van der Waals surface area (Å²) in [4.78, 5) is 12.3. The summed E-state index contributed by atoms with van der Waals surface area (Å²) < 4.78 is 28.1. The molecule has 0 unspecified atom stereocenters. The van der Waals surface area contributed by atoms with Crippen molar-refractivity contribution in [3.63, 3.8) is 0 Å². The maximum atomic E-state index is 12.8. The minimum Gasteiger partial charge on any atom is -0.508 e. The van der Waals surface area contributed by atoms with Gasteiger partial charge < -0.3 is 10.4 Å². The number of aryl methyl sites for hydroxylation is 1. The van der Waals surface area contributed by atoms with Crippen LogP contribution in [0, 0.1) is 6.92 Å². The second-order valence-corrected chi connectivity index (χ2v) is 8.54. The van der Waals surface area contributed by atoms with Gasteiger partial charge in [0.2, 0.25) is 5.91 Å². The monoisotopic (exact) mass is 430 g/mol. The lowest BCUT2D eigenvalue weighted by Crippen LogP contribution is -2.17. The smallest absolute Gasteiger partial charge is 0.262 e. The molecule has 3 aromatic rings. The normalized spacial score (nSPS) is 11.1. The fraction of sp³-hybridized carbons (Fsp3) is 0.0952. The number of phenolic OH excluding ortho intramolecular Hbond substituents is 1. The number of halogens is 1. The topological polar surface area (TPSA) is 95.5 Å². The molecule has 3 aromatic carbocycles. The van der Waals surface area contributed by atoms with E-state index in [0.29, 0.717) is 27.5 Å². The van der Waals surface area contributed by atoms with Gasteiger partial charge in [-0.2, -0.15) is 0 Å². The van der Waals surface area contributed by atoms with Crippen molar-refractivity contribution >= 4 is 38.9 Å². The highest BCUT2D eigenvalue weighted by Gasteiger charge is 2.18. The Kier molecular flexibility index (Phi) is 6.10. The molecular formula is C21H19ClN2O4S. The number of amides is 1. The third-order valence-corrected chi connectivity index (χ3v) is 5.94. The van der Waals surface area contributed by atoms with Gasteiger partial charge in [-0.05, 0) is 48.9 Å². The van der Waals surface area contributed by atoms with E-state index in [2.05, 4.69) is 10.0 Å². The highest BCUT2D eigenvalue weighted by atomic mass is 35.5. The highest BCUT2D eigenvalue weighted by molar-refractivity contribution is 7.92. The van der Waals surface area contributed by atoms with Crippen molar-refractivity contribution in [1.82, 2.24) is 0 Å². The minimum absolute atomic E-state index is 0.0283. The SMILES string of the molecule is Cc1ccc(NC(=O)Cc2ccccc2O)cc1S(=O)(=O)Nc1cccc(Cl)c1. The summed E-state index contributed by atoms with van der Waals surface area (Å²) in [5, 5.41) is 12.9. The van der Waals surface area contributed by atoms with Crippen LogP contribution in [0.15, 0.2) is 71.6 Å². The molecule has 0 aliphatic carbocycles. The third-order valence-electron chi connectivity index (χ3n) is 4.18. The lowest BCUT2D eigenvalue weighted by Gasteiger charge is -2.13. The van der Waals surface area contributed by atoms with Crippen molar-refractivity contribution < 1.29 is 18.3 Å². The molecule has 1 amide bonds. The van der Waals surface area contributed by atoms with E-state index in [0.717, 1.165) is 0 Å². The van der Waals surface area contributed by atoms with Gasteiger partial charge in [0.15, 0.2) is 0 Å². The van der Waals surface area contributed by atoms with Crippen molar-refractivity contribution in [3.05, 3.63) is 82.9 Å². The fourth-order valence-electron chi connectivity index (χ4n) is 2.77. The lowest BCUT2D eigenvalue weighted by molar-refractivity contribution is -0.115. The van der Waals surface area contributed by atoms with Crippen LogP contribution in [0.3, 0.4) is 0 Å². The van der Waals surface area contributed by atoms with Gasteiger partial charge in [0.05, 0.1) is 17.0 Å². The fourth-order valence-corrected chi connectivity index (χ4v) is 4.28. The number of hydrogen-bond acceptors (Lipinski definition) is 4. The zero-order valence-electron chi connectivity index (χ0n) is 15.5. The zero-order chi connectivity index (χ0) is 21.0. The molecule has 150 valence electrons. The van der Waals surface area contributed by atoms with Gasteiger partial charge in [0.25, 0.3) is 10.0 Å². The first-order chi connectivity index (χ1) is 13.7. The standard InChI is InChI=1S/C21H19ClN2O4S/c1-14-9-10-17(23-21(26)11-15-5-2-3-8-19(15)25)13-20(14)29(27,28)24-18-7-4-6-16(22)12-18/h2-10,12-13,24-25H,11H2,1H3,(H,23,26). The Morgan fingerprint density at radius 1 is 1.00 bits per heavy atom. The molecule has 0 spiro atoms. The van der Waals surface area contributed by atoms with E-state index in [9.17, 15) is 18.3 Å². The van der Waals surface area contributed by atoms with Gasteiger partial charge in [-0.15, -0.1) is 0 Å². The van der Waals surface area contributed by atoms with Crippen LogP contribution in [0.1, 0.15) is 11.1 Å². The van der Waals surface area contributed by atoms with Gasteiger partial charge in [-0.25, -0.2) is 8.42 Å². The Balaban J connectivity index is 1.80. The highest BCUT2D eigenvalue weighted by Crippen LogP contribution is 2.25. The quantitative estimate of drug-likeness (QED) is 0.542. The van der Waals surface area contributed by atoms with Crippen LogP contribution in [0.5, 0.6) is 5.75 Å². The number of sulfonamides is 1. The van der Waals surface area contributed by atoms with Crippen LogP contribution in [0.4, 0.5) is 11.4 Å². The molecule has 0 fully saturated rings. The van der Waals surface area contributed by atoms with E-state index in [4.69, 9.17) is 11.6 Å². The molecule has 3 rings (SSSR count). The Morgan fingerprint density at radius 3 is 2.48 bits per heavy atom. The summed E-state index contributed by atoms with van der Waals surface area (Å²) in [5.41, 5.74) is 1.68. The summed E-state index contributed by atoms with van der Waals surface area (Å²) in [6.07, 6.45) is -0.0383. The first-order valence-corrected chi connectivity index (χ1v) is 10.6. The van der Waals surface area contributed by atoms with Crippen LogP contribution in [-0.4, -0.2) is 19.4 Å². The number of rotatable bonds is 6. The maximum absolute atomic E-state index is 12.8. The predicted molar refractivity (Wildman–Crippen MR) is 114 cm³/mol. The molecule has 0 aliphatic heterocycles. The van der Waals surface area contributed by atoms with Crippen LogP contribution >= 0.6 is 11.6 Å². The lowest BCUT2D eigenvalue weighted by atomic mass is 10.1. The molecule has 29 heavy (non-hydrogen) atoms. The van der Waals surface area contributed by atoms with Gasteiger partial charge in [-0.3, -0.25) is 9.52 Å². The average molecular weight is 431 g/mol. The molecule has 0 atom stereocenters. The van der Waals surface area contributed by atoms with E-state index in [1.807, 2.05) is 0 Å². The summed E-state index contributed by atoms with van der Waals surface area (Å²) in [7, 11) is -3.88. The Bertz CT molecular complexity index is 1160. The van der Waals surface area contributed by atoms with E-state index in [-0.39, 0.29) is 23.0 Å². The number of para-hydroxylation sites is 1. The van der Waals surface area contributed by atoms with Crippen molar-refractivity contribution in [2.24, 2.45) is 0 Å². The second-order valence-electron chi connectivity index (χ2n) is 6.45. The van der Waals surface area contributed by atoms with Gasteiger partial charge >= 0.3 is 0 Å². The molecule has 0 aliphatic rings. The molecule has 6 nitrogen and oxygen atoms in total. The van der Waals surface area contributed by atoms with Crippen molar-refractivity contribution in [2.75, 3.05) is 10.0 Å². The molecule has 0 heterocycles. The zero-order valence-corrected chi connectivity index (χ0v) is 17.1. The number of hydrogen-bond donors (Lipinski definition) is 3. The van der Waals surface area contributed by atoms with Crippen molar-refractivity contribution in [1.29, 1.82) is 0 Å². The minimum atomic E-state index is -3.88. The summed E-state index contributed by atoms with van der Waals surface area (Å²) >= 11 is 5.91. The molecule has 3 N–H and O–H groups in total. The Hall–Kier alpha value is -3.03. The number of phenols is 1. The van der Waals surface area contributed by atoms with Crippen LogP contribution in [0.2, 0.25) is 5.02 Å². The van der Waals surface area contributed by atoms with E-state index < -0.39 is 10.0 Å². The summed E-state index contributed by atoms with van der Waals surface area (Å²) in [6, 6.07) is 17.6. The third kappa shape index (κ3) is 5.28. The summed E-state index contributed by atoms with van der Waals surface area (Å²) in [6.45, 7) is 1.67. The first kappa shape index (κ1) is 20.7. The molecule has 0 radical (unpaired) electrons. The molecule has 0 saturated heterocycles. The van der Waals surface area contributed by atoms with Gasteiger partial charge in [0.1, 0.15) is 5.75 Å². The molecule has 0 aromatic heterocycles. The average Bonchev–Trinajstić information content (AvgIpc) is 2.65. The number of carbonyl (C=O) groups is 1. The molecule has 0 saturated carbocycles. The van der Waals surface area contributed by atoms with Gasteiger partial charge in [-0.1, -0.05) is 41.9 Å². The van der Waals surface area contributed by atoms with E-state index in [1.54, 1.807) is 55.5 Å². The van der Waals surface area contributed by atoms with Crippen molar-refractivity contribution in [3.8, 4) is 5.75 Å². The Morgan fingerprint density at radius 2 is 1.76 bits per heavy atom. The molecule has 8 heteroatoms.